The van der Waals surface area contributed by atoms with Gasteiger partial charge in [-0.2, -0.15) is 0 Å². The first-order chi connectivity index (χ1) is 7.66. The van der Waals surface area contributed by atoms with Crippen molar-refractivity contribution in [1.82, 2.24) is 4.90 Å². The summed E-state index contributed by atoms with van der Waals surface area (Å²) in [7, 11) is 0. The Labute approximate surface area is 94.9 Å². The highest BCUT2D eigenvalue weighted by atomic mass is 16.3. The molecule has 1 aromatic carbocycles. The number of carbonyl (C=O) groups excluding carboxylic acids is 1. The molecule has 86 valence electrons. The Morgan fingerprint density at radius 3 is 2.69 bits per heavy atom. The summed E-state index contributed by atoms with van der Waals surface area (Å²) in [5.41, 5.74) is 1.44. The Kier molecular flexibility index (Phi) is 2.99. The standard InChI is InChI=1S/C12H16N2O2/c1-9-4-5-10(11(15)8-9)13-12(16)14-6-2-3-7-14/h4-5,8,15H,2-3,6-7H2,1H3,(H,13,16). The minimum absolute atomic E-state index is 0.118. The van der Waals surface area contributed by atoms with Gasteiger partial charge in [-0.25, -0.2) is 4.79 Å². The van der Waals surface area contributed by atoms with Gasteiger partial charge in [0.1, 0.15) is 5.75 Å². The third kappa shape index (κ3) is 2.27. The number of likely N-dealkylation sites (tertiary alicyclic amines) is 1. The monoisotopic (exact) mass is 220 g/mol. The quantitative estimate of drug-likeness (QED) is 0.714. The maximum Gasteiger partial charge on any atom is 0.321 e. The number of nitrogens with zero attached hydrogens (tertiary/aromatic N) is 1. The number of urea groups is 1. The molecule has 0 bridgehead atoms. The van der Waals surface area contributed by atoms with Gasteiger partial charge in [-0.1, -0.05) is 6.07 Å². The number of phenolic OH excluding ortho intramolecular Hbond substituents is 1. The van der Waals surface area contributed by atoms with Crippen molar-refractivity contribution < 1.29 is 9.90 Å². The van der Waals surface area contributed by atoms with Gasteiger partial charge >= 0.3 is 6.03 Å². The Morgan fingerprint density at radius 1 is 1.38 bits per heavy atom. The van der Waals surface area contributed by atoms with E-state index >= 15 is 0 Å². The van der Waals surface area contributed by atoms with Gasteiger partial charge in [0.15, 0.2) is 0 Å². The van der Waals surface area contributed by atoms with Crippen LogP contribution in [0.3, 0.4) is 0 Å². The zero-order chi connectivity index (χ0) is 11.5. The fourth-order valence-corrected chi connectivity index (χ4v) is 1.86. The molecule has 4 nitrogen and oxygen atoms in total. The van der Waals surface area contributed by atoms with E-state index < -0.39 is 0 Å². The van der Waals surface area contributed by atoms with E-state index in [1.54, 1.807) is 17.0 Å². The van der Waals surface area contributed by atoms with Crippen LogP contribution in [0.15, 0.2) is 18.2 Å². The Bertz CT molecular complexity index is 398. The number of carbonyl (C=O) groups is 1. The van der Waals surface area contributed by atoms with Gasteiger partial charge in [-0.15, -0.1) is 0 Å². The van der Waals surface area contributed by atoms with Gasteiger partial charge in [-0.05, 0) is 37.5 Å². The molecule has 0 aliphatic carbocycles. The van der Waals surface area contributed by atoms with Crippen LogP contribution >= 0.6 is 0 Å². The molecule has 2 N–H and O–H groups in total. The van der Waals surface area contributed by atoms with Crippen LogP contribution < -0.4 is 5.32 Å². The highest BCUT2D eigenvalue weighted by Crippen LogP contribution is 2.24. The zero-order valence-electron chi connectivity index (χ0n) is 9.36. The maximum absolute atomic E-state index is 11.8. The lowest BCUT2D eigenvalue weighted by Crippen LogP contribution is -2.32. The fourth-order valence-electron chi connectivity index (χ4n) is 1.86. The Morgan fingerprint density at radius 2 is 2.06 bits per heavy atom. The smallest absolute Gasteiger partial charge is 0.321 e. The van der Waals surface area contributed by atoms with Crippen molar-refractivity contribution in [2.75, 3.05) is 18.4 Å². The van der Waals surface area contributed by atoms with Crippen molar-refractivity contribution in [2.45, 2.75) is 19.8 Å². The summed E-state index contributed by atoms with van der Waals surface area (Å²) >= 11 is 0. The molecule has 1 aromatic rings. The summed E-state index contributed by atoms with van der Waals surface area (Å²) in [5, 5.41) is 12.4. The molecular weight excluding hydrogens is 204 g/mol. The van der Waals surface area contributed by atoms with Gasteiger partial charge in [0.2, 0.25) is 0 Å². The first-order valence-corrected chi connectivity index (χ1v) is 5.52. The average Bonchev–Trinajstić information content (AvgIpc) is 2.75. The molecular formula is C12H16N2O2. The lowest BCUT2D eigenvalue weighted by atomic mass is 10.2. The highest BCUT2D eigenvalue weighted by molar-refractivity contribution is 5.91. The van der Waals surface area contributed by atoms with E-state index in [9.17, 15) is 9.90 Å². The fraction of sp³-hybridized carbons (Fsp3) is 0.417. The van der Waals surface area contributed by atoms with E-state index in [4.69, 9.17) is 0 Å². The maximum atomic E-state index is 11.8. The van der Waals surface area contributed by atoms with Gasteiger partial charge in [0, 0.05) is 13.1 Å². The van der Waals surface area contributed by atoms with E-state index in [0.717, 1.165) is 31.5 Å². The Hall–Kier alpha value is -1.71. The number of benzene rings is 1. The third-order valence-corrected chi connectivity index (χ3v) is 2.79. The van der Waals surface area contributed by atoms with Crippen LogP contribution in [0.25, 0.3) is 0 Å². The number of hydrogen-bond acceptors (Lipinski definition) is 2. The number of anilines is 1. The number of phenols is 1. The summed E-state index contributed by atoms with van der Waals surface area (Å²) in [6.45, 7) is 3.50. The van der Waals surface area contributed by atoms with Gasteiger partial charge in [0.25, 0.3) is 0 Å². The average molecular weight is 220 g/mol. The third-order valence-electron chi connectivity index (χ3n) is 2.79. The number of amides is 2. The molecule has 1 aliphatic heterocycles. The van der Waals surface area contributed by atoms with E-state index in [2.05, 4.69) is 5.32 Å². The van der Waals surface area contributed by atoms with Crippen molar-refractivity contribution >= 4 is 11.7 Å². The Balaban J connectivity index is 2.05. The van der Waals surface area contributed by atoms with Crippen molar-refractivity contribution in [1.29, 1.82) is 0 Å². The molecule has 2 amide bonds. The van der Waals surface area contributed by atoms with Crippen molar-refractivity contribution in [3.8, 4) is 5.75 Å². The summed E-state index contributed by atoms with van der Waals surface area (Å²) in [6.07, 6.45) is 2.13. The van der Waals surface area contributed by atoms with Crippen LogP contribution in [0.2, 0.25) is 0 Å². The van der Waals surface area contributed by atoms with E-state index in [-0.39, 0.29) is 11.8 Å². The van der Waals surface area contributed by atoms with E-state index in [1.165, 1.54) is 0 Å². The summed E-state index contributed by atoms with van der Waals surface area (Å²) in [5.74, 6) is 0.118. The number of aromatic hydroxyl groups is 1. The lowest BCUT2D eigenvalue weighted by Gasteiger charge is -2.16. The van der Waals surface area contributed by atoms with Crippen LogP contribution in [-0.2, 0) is 0 Å². The van der Waals surface area contributed by atoms with Gasteiger partial charge in [-0.3, -0.25) is 0 Å². The SMILES string of the molecule is Cc1ccc(NC(=O)N2CCCC2)c(O)c1. The molecule has 0 atom stereocenters. The molecule has 0 unspecified atom stereocenters. The molecule has 0 radical (unpaired) electrons. The molecule has 0 saturated carbocycles. The van der Waals surface area contributed by atoms with Crippen LogP contribution in [0.4, 0.5) is 10.5 Å². The lowest BCUT2D eigenvalue weighted by molar-refractivity contribution is 0.222. The predicted molar refractivity (Wildman–Crippen MR) is 62.7 cm³/mol. The highest BCUT2D eigenvalue weighted by Gasteiger charge is 2.18. The molecule has 1 aliphatic rings. The molecule has 0 spiro atoms. The predicted octanol–water partition coefficient (Wildman–Crippen LogP) is 2.33. The zero-order valence-corrected chi connectivity index (χ0v) is 9.36. The topological polar surface area (TPSA) is 52.6 Å². The normalized spacial score (nSPS) is 15.2. The van der Waals surface area contributed by atoms with Crippen LogP contribution in [-0.4, -0.2) is 29.1 Å². The van der Waals surface area contributed by atoms with Crippen LogP contribution in [0, 0.1) is 6.92 Å². The second-order valence-electron chi connectivity index (χ2n) is 4.14. The molecule has 16 heavy (non-hydrogen) atoms. The van der Waals surface area contributed by atoms with Crippen molar-refractivity contribution in [3.63, 3.8) is 0 Å². The molecule has 1 saturated heterocycles. The second kappa shape index (κ2) is 4.43. The number of nitrogens with one attached hydrogen (secondary N) is 1. The molecule has 1 heterocycles. The summed E-state index contributed by atoms with van der Waals surface area (Å²) in [6, 6.07) is 5.09. The molecule has 2 rings (SSSR count). The number of hydrogen-bond donors (Lipinski definition) is 2. The molecule has 1 fully saturated rings. The minimum atomic E-state index is -0.128. The van der Waals surface area contributed by atoms with Crippen molar-refractivity contribution in [3.05, 3.63) is 23.8 Å². The summed E-state index contributed by atoms with van der Waals surface area (Å²) in [4.78, 5) is 13.5. The summed E-state index contributed by atoms with van der Waals surface area (Å²) < 4.78 is 0. The first-order valence-electron chi connectivity index (χ1n) is 5.52. The number of aryl methyl sites for hydroxylation is 1. The van der Waals surface area contributed by atoms with E-state index in [1.807, 2.05) is 13.0 Å². The molecule has 0 aromatic heterocycles. The van der Waals surface area contributed by atoms with Crippen LogP contribution in [0.5, 0.6) is 5.75 Å². The van der Waals surface area contributed by atoms with Gasteiger partial charge in [0.05, 0.1) is 5.69 Å². The largest absolute Gasteiger partial charge is 0.506 e. The first kappa shape index (κ1) is 10.8. The van der Waals surface area contributed by atoms with Crippen LogP contribution in [0.1, 0.15) is 18.4 Å². The van der Waals surface area contributed by atoms with Gasteiger partial charge < -0.3 is 15.3 Å². The second-order valence-corrected chi connectivity index (χ2v) is 4.14. The minimum Gasteiger partial charge on any atom is -0.506 e. The number of rotatable bonds is 1. The van der Waals surface area contributed by atoms with E-state index in [0.29, 0.717) is 5.69 Å². The van der Waals surface area contributed by atoms with Crippen molar-refractivity contribution in [2.24, 2.45) is 0 Å². The molecule has 4 heteroatoms.